The molecule has 1 fully saturated rings. The van der Waals surface area contributed by atoms with Gasteiger partial charge in [-0.1, -0.05) is 42.8 Å². The van der Waals surface area contributed by atoms with E-state index in [0.29, 0.717) is 6.54 Å². The summed E-state index contributed by atoms with van der Waals surface area (Å²) in [5.74, 6) is 0.786. The molecule has 5 heteroatoms. The number of carbonyl (C=O) groups excluding carboxylic acids is 1. The molecule has 1 aliphatic carbocycles. The Morgan fingerprint density at radius 3 is 2.73 bits per heavy atom. The normalized spacial score (nSPS) is 19.0. The molecule has 26 heavy (non-hydrogen) atoms. The van der Waals surface area contributed by atoms with E-state index >= 15 is 0 Å². The third-order valence-corrected chi connectivity index (χ3v) is 6.18. The van der Waals surface area contributed by atoms with E-state index < -0.39 is 0 Å². The highest BCUT2D eigenvalue weighted by atomic mass is 16.5. The van der Waals surface area contributed by atoms with Crippen molar-refractivity contribution in [1.29, 1.82) is 0 Å². The van der Waals surface area contributed by atoms with Gasteiger partial charge in [-0.25, -0.2) is 4.79 Å². The molecule has 0 saturated heterocycles. The molecule has 1 N–H and O–H groups in total. The first-order chi connectivity index (χ1) is 12.5. The zero-order valence-electron chi connectivity index (χ0n) is 15.8. The molecule has 0 unspecified atom stereocenters. The molecule has 1 spiro atoms. The quantitative estimate of drug-likeness (QED) is 0.890. The lowest BCUT2D eigenvalue weighted by atomic mass is 9.61. The number of nitrogens with zero attached hydrogens (tertiary/aromatic N) is 2. The maximum Gasteiger partial charge on any atom is 0.318 e. The molecule has 4 rings (SSSR count). The van der Waals surface area contributed by atoms with Crippen LogP contribution in [0.15, 0.2) is 28.8 Å². The summed E-state index contributed by atoms with van der Waals surface area (Å²) in [6, 6.07) is 8.56. The molecule has 0 bridgehead atoms. The van der Waals surface area contributed by atoms with E-state index in [1.165, 1.54) is 30.4 Å². The minimum Gasteiger partial charge on any atom is -0.361 e. The van der Waals surface area contributed by atoms with E-state index in [1.54, 1.807) is 0 Å². The highest BCUT2D eigenvalue weighted by Gasteiger charge is 2.45. The van der Waals surface area contributed by atoms with Crippen LogP contribution in [0.4, 0.5) is 4.79 Å². The number of fused-ring (bicyclic) bond motifs is 2. The Labute approximate surface area is 154 Å². The average Bonchev–Trinajstić information content (AvgIpc) is 2.95. The molecule has 2 aliphatic rings. The highest BCUT2D eigenvalue weighted by Crippen LogP contribution is 2.48. The Balaban J connectivity index is 1.55. The average molecular weight is 353 g/mol. The summed E-state index contributed by atoms with van der Waals surface area (Å²) in [7, 11) is 0. The minimum atomic E-state index is -0.0664. The molecule has 2 aromatic rings. The van der Waals surface area contributed by atoms with Crippen molar-refractivity contribution in [3.63, 3.8) is 0 Å². The Bertz CT molecular complexity index is 803. The molecule has 2 amide bonds. The Kier molecular flexibility index (Phi) is 4.25. The summed E-state index contributed by atoms with van der Waals surface area (Å²) in [6.07, 6.45) is 4.41. The number of urea groups is 1. The second kappa shape index (κ2) is 6.45. The van der Waals surface area contributed by atoms with Crippen LogP contribution < -0.4 is 5.32 Å². The van der Waals surface area contributed by atoms with Gasteiger partial charge in [0.15, 0.2) is 0 Å². The number of nitrogens with one attached hydrogen (secondary N) is 1. The standard InChI is InChI=1S/C21H27N3O2/c1-4-18(19-14(2)23-26-15(19)3)22-20(25)24-12-16-8-5-6-9-17(16)21(13-24)10-7-11-21/h5-6,8-9,18H,4,7,10-13H2,1-3H3,(H,22,25)/t18-/m1/s1. The number of carbonyl (C=O) groups is 1. The molecule has 1 atom stereocenters. The summed E-state index contributed by atoms with van der Waals surface area (Å²) in [6.45, 7) is 7.41. The van der Waals surface area contributed by atoms with Gasteiger partial charge in [0.05, 0.1) is 11.7 Å². The van der Waals surface area contributed by atoms with Gasteiger partial charge in [-0.2, -0.15) is 0 Å². The minimum absolute atomic E-state index is 0.0117. The molecule has 1 aliphatic heterocycles. The molecular weight excluding hydrogens is 326 g/mol. The fourth-order valence-corrected chi connectivity index (χ4v) is 4.67. The van der Waals surface area contributed by atoms with Crippen LogP contribution in [0.2, 0.25) is 0 Å². The molecule has 5 nitrogen and oxygen atoms in total. The summed E-state index contributed by atoms with van der Waals surface area (Å²) < 4.78 is 5.30. The second-order valence-electron chi connectivity index (χ2n) is 7.80. The van der Waals surface area contributed by atoms with Gasteiger partial charge in [0, 0.05) is 24.1 Å². The van der Waals surface area contributed by atoms with Crippen LogP contribution in [0.3, 0.4) is 0 Å². The van der Waals surface area contributed by atoms with Crippen LogP contribution in [-0.4, -0.2) is 22.6 Å². The number of aryl methyl sites for hydroxylation is 2. The van der Waals surface area contributed by atoms with E-state index in [9.17, 15) is 4.79 Å². The summed E-state index contributed by atoms with van der Waals surface area (Å²) in [5.41, 5.74) is 4.77. The number of rotatable bonds is 3. The monoisotopic (exact) mass is 353 g/mol. The van der Waals surface area contributed by atoms with Crippen molar-refractivity contribution in [2.24, 2.45) is 0 Å². The van der Waals surface area contributed by atoms with Crippen LogP contribution in [0.25, 0.3) is 0 Å². The molecule has 138 valence electrons. The highest BCUT2D eigenvalue weighted by molar-refractivity contribution is 5.75. The lowest BCUT2D eigenvalue weighted by Gasteiger charge is -2.50. The van der Waals surface area contributed by atoms with Gasteiger partial charge in [0.1, 0.15) is 5.76 Å². The van der Waals surface area contributed by atoms with Crippen LogP contribution in [0.1, 0.15) is 66.8 Å². The Hall–Kier alpha value is -2.30. The van der Waals surface area contributed by atoms with Crippen molar-refractivity contribution in [3.8, 4) is 0 Å². The third kappa shape index (κ3) is 2.70. The first-order valence-corrected chi connectivity index (χ1v) is 9.60. The molecule has 1 saturated carbocycles. The maximum absolute atomic E-state index is 13.1. The van der Waals surface area contributed by atoms with Crippen molar-refractivity contribution in [2.45, 2.75) is 64.5 Å². The summed E-state index contributed by atoms with van der Waals surface area (Å²) >= 11 is 0. The van der Waals surface area contributed by atoms with Crippen molar-refractivity contribution in [2.75, 3.05) is 6.54 Å². The molecule has 1 aromatic carbocycles. The summed E-state index contributed by atoms with van der Waals surface area (Å²) in [5, 5.41) is 7.26. The molecule has 2 heterocycles. The number of hydrogen-bond acceptors (Lipinski definition) is 3. The van der Waals surface area contributed by atoms with Gasteiger partial charge >= 0.3 is 6.03 Å². The van der Waals surface area contributed by atoms with E-state index in [2.05, 4.69) is 41.7 Å². The van der Waals surface area contributed by atoms with E-state index in [1.807, 2.05) is 18.7 Å². The fraction of sp³-hybridized carbons (Fsp3) is 0.524. The van der Waals surface area contributed by atoms with Gasteiger partial charge in [-0.3, -0.25) is 0 Å². The lowest BCUT2D eigenvalue weighted by molar-refractivity contribution is 0.123. The molecule has 0 radical (unpaired) electrons. The third-order valence-electron chi connectivity index (χ3n) is 6.18. The largest absolute Gasteiger partial charge is 0.361 e. The zero-order chi connectivity index (χ0) is 18.3. The molecular formula is C21H27N3O2. The van der Waals surface area contributed by atoms with Crippen LogP contribution in [0.5, 0.6) is 0 Å². The van der Waals surface area contributed by atoms with Gasteiger partial charge in [-0.15, -0.1) is 0 Å². The second-order valence-corrected chi connectivity index (χ2v) is 7.80. The first kappa shape index (κ1) is 17.1. The Morgan fingerprint density at radius 1 is 1.35 bits per heavy atom. The van der Waals surface area contributed by atoms with Gasteiger partial charge in [-0.05, 0) is 44.2 Å². The van der Waals surface area contributed by atoms with Crippen molar-refractivity contribution in [1.82, 2.24) is 15.4 Å². The Morgan fingerprint density at radius 2 is 2.12 bits per heavy atom. The summed E-state index contributed by atoms with van der Waals surface area (Å²) in [4.78, 5) is 15.1. The first-order valence-electron chi connectivity index (χ1n) is 9.60. The van der Waals surface area contributed by atoms with Crippen LogP contribution in [0, 0.1) is 13.8 Å². The predicted octanol–water partition coefficient (Wildman–Crippen LogP) is 4.39. The lowest BCUT2D eigenvalue weighted by Crippen LogP contribution is -2.54. The number of benzene rings is 1. The predicted molar refractivity (Wildman–Crippen MR) is 99.9 cm³/mol. The van der Waals surface area contributed by atoms with Crippen molar-refractivity contribution in [3.05, 3.63) is 52.4 Å². The van der Waals surface area contributed by atoms with Crippen molar-refractivity contribution >= 4 is 6.03 Å². The van der Waals surface area contributed by atoms with Crippen molar-refractivity contribution < 1.29 is 9.32 Å². The number of hydrogen-bond donors (Lipinski definition) is 1. The topological polar surface area (TPSA) is 58.4 Å². The number of aromatic nitrogens is 1. The van der Waals surface area contributed by atoms with Gasteiger partial charge in [0.2, 0.25) is 0 Å². The van der Waals surface area contributed by atoms with E-state index in [0.717, 1.165) is 30.0 Å². The smallest absolute Gasteiger partial charge is 0.318 e. The maximum atomic E-state index is 13.1. The molecule has 1 aromatic heterocycles. The van der Waals surface area contributed by atoms with Gasteiger partial charge < -0.3 is 14.7 Å². The zero-order valence-corrected chi connectivity index (χ0v) is 15.8. The van der Waals surface area contributed by atoms with E-state index in [4.69, 9.17) is 4.52 Å². The van der Waals surface area contributed by atoms with Crippen LogP contribution >= 0.6 is 0 Å². The van der Waals surface area contributed by atoms with Crippen LogP contribution in [-0.2, 0) is 12.0 Å². The number of amides is 2. The fourth-order valence-electron chi connectivity index (χ4n) is 4.67. The van der Waals surface area contributed by atoms with Gasteiger partial charge in [0.25, 0.3) is 0 Å². The SMILES string of the molecule is CC[C@@H](NC(=O)N1Cc2ccccc2C2(CCC2)C1)c1c(C)noc1C. The van der Waals surface area contributed by atoms with E-state index in [-0.39, 0.29) is 17.5 Å².